The monoisotopic (exact) mass is 509 g/mol. The minimum atomic E-state index is -0.545. The van der Waals surface area contributed by atoms with Crippen molar-refractivity contribution in [1.29, 1.82) is 0 Å². The zero-order valence-electron chi connectivity index (χ0n) is 21.1. The summed E-state index contributed by atoms with van der Waals surface area (Å²) in [6.45, 7) is 8.97. The average Bonchev–Trinajstić information content (AvgIpc) is 3.29. The fourth-order valence-corrected chi connectivity index (χ4v) is 4.55. The molecule has 1 fully saturated rings. The summed E-state index contributed by atoms with van der Waals surface area (Å²) in [6, 6.07) is 9.42. The number of piperidine rings is 1. The quantitative estimate of drug-likeness (QED) is 0.506. The van der Waals surface area contributed by atoms with E-state index in [4.69, 9.17) is 16.3 Å². The second-order valence-corrected chi connectivity index (χ2v) is 10.4. The number of nitrogens with zero attached hydrogens (tertiary/aromatic N) is 4. The third-order valence-electron chi connectivity index (χ3n) is 6.23. The normalized spacial score (nSPS) is 14.5. The number of hydrogen-bond donors (Lipinski definition) is 1. The van der Waals surface area contributed by atoms with Gasteiger partial charge in [0.25, 0.3) is 5.91 Å². The van der Waals surface area contributed by atoms with Crippen LogP contribution in [0.15, 0.2) is 48.9 Å². The largest absolute Gasteiger partial charge is 0.444 e. The summed E-state index contributed by atoms with van der Waals surface area (Å²) in [6.07, 6.45) is 6.11. The van der Waals surface area contributed by atoms with Crippen molar-refractivity contribution < 1.29 is 14.3 Å². The van der Waals surface area contributed by atoms with E-state index < -0.39 is 5.60 Å². The van der Waals surface area contributed by atoms with Crippen LogP contribution >= 0.6 is 11.6 Å². The zero-order valence-corrected chi connectivity index (χ0v) is 21.9. The van der Waals surface area contributed by atoms with Gasteiger partial charge >= 0.3 is 6.09 Å². The molecule has 1 saturated heterocycles. The Hall–Kier alpha value is -3.39. The zero-order chi connectivity index (χ0) is 25.9. The van der Waals surface area contributed by atoms with Gasteiger partial charge in [-0.05, 0) is 69.9 Å². The topological polar surface area (TPSA) is 89.4 Å². The number of pyridine rings is 1. The van der Waals surface area contributed by atoms with Crippen molar-refractivity contribution >= 4 is 23.6 Å². The Morgan fingerprint density at radius 3 is 2.56 bits per heavy atom. The first kappa shape index (κ1) is 25.7. The van der Waals surface area contributed by atoms with Crippen LogP contribution < -0.4 is 5.32 Å². The molecule has 1 N–H and O–H groups in total. The minimum absolute atomic E-state index is 0.0312. The molecule has 0 saturated carbocycles. The van der Waals surface area contributed by atoms with Crippen LogP contribution in [0.3, 0.4) is 0 Å². The number of nitrogens with one attached hydrogen (secondary N) is 1. The first-order valence-corrected chi connectivity index (χ1v) is 12.5. The molecule has 9 heteroatoms. The van der Waals surface area contributed by atoms with E-state index in [2.05, 4.69) is 15.4 Å². The molecular weight excluding hydrogens is 478 g/mol. The maximum Gasteiger partial charge on any atom is 0.410 e. The van der Waals surface area contributed by atoms with Crippen molar-refractivity contribution in [2.24, 2.45) is 0 Å². The van der Waals surface area contributed by atoms with E-state index in [1.807, 2.05) is 62.7 Å². The molecule has 1 aliphatic rings. The summed E-state index contributed by atoms with van der Waals surface area (Å²) in [5, 5.41) is 8.25. The van der Waals surface area contributed by atoms with Crippen LogP contribution in [0, 0.1) is 6.92 Å². The first-order chi connectivity index (χ1) is 17.1. The van der Waals surface area contributed by atoms with Crippen LogP contribution in [0.4, 0.5) is 4.79 Å². The second kappa shape index (κ2) is 10.7. The molecule has 2 aromatic heterocycles. The van der Waals surface area contributed by atoms with Crippen molar-refractivity contribution in [2.45, 2.75) is 58.6 Å². The fourth-order valence-electron chi connectivity index (χ4n) is 4.39. The Kier molecular flexibility index (Phi) is 7.64. The molecule has 1 aliphatic heterocycles. The van der Waals surface area contributed by atoms with Crippen LogP contribution in [-0.2, 0) is 11.3 Å². The molecule has 0 aliphatic carbocycles. The molecule has 0 radical (unpaired) electrons. The molecule has 2 amide bonds. The summed E-state index contributed by atoms with van der Waals surface area (Å²) in [4.78, 5) is 31.7. The van der Waals surface area contributed by atoms with Crippen LogP contribution in [-0.4, -0.2) is 50.4 Å². The van der Waals surface area contributed by atoms with Crippen molar-refractivity contribution in [1.82, 2.24) is 25.0 Å². The lowest BCUT2D eigenvalue weighted by molar-refractivity contribution is 0.0203. The highest BCUT2D eigenvalue weighted by atomic mass is 35.5. The molecule has 3 aromatic rings. The molecule has 1 aromatic carbocycles. The van der Waals surface area contributed by atoms with Gasteiger partial charge in [-0.1, -0.05) is 23.7 Å². The van der Waals surface area contributed by atoms with E-state index >= 15 is 0 Å². The van der Waals surface area contributed by atoms with Crippen molar-refractivity contribution in [3.05, 3.63) is 76.3 Å². The summed E-state index contributed by atoms with van der Waals surface area (Å²) in [7, 11) is 0. The van der Waals surface area contributed by atoms with Crippen LogP contribution in [0.25, 0.3) is 5.69 Å². The molecule has 190 valence electrons. The van der Waals surface area contributed by atoms with Gasteiger partial charge in [-0.25, -0.2) is 9.48 Å². The summed E-state index contributed by atoms with van der Waals surface area (Å²) < 4.78 is 7.37. The highest BCUT2D eigenvalue weighted by molar-refractivity contribution is 6.31. The number of halogens is 1. The van der Waals surface area contributed by atoms with Gasteiger partial charge in [0.1, 0.15) is 5.60 Å². The van der Waals surface area contributed by atoms with E-state index in [9.17, 15) is 9.59 Å². The first-order valence-electron chi connectivity index (χ1n) is 12.1. The molecule has 0 bridgehead atoms. The van der Waals surface area contributed by atoms with E-state index in [0.29, 0.717) is 43.1 Å². The molecule has 0 unspecified atom stereocenters. The summed E-state index contributed by atoms with van der Waals surface area (Å²) >= 11 is 6.41. The van der Waals surface area contributed by atoms with Gasteiger partial charge in [-0.15, -0.1) is 0 Å². The molecule has 36 heavy (non-hydrogen) atoms. The third kappa shape index (κ3) is 5.87. The van der Waals surface area contributed by atoms with E-state index in [1.165, 1.54) is 0 Å². The highest BCUT2D eigenvalue weighted by Crippen LogP contribution is 2.34. The van der Waals surface area contributed by atoms with Crippen molar-refractivity contribution in [3.63, 3.8) is 0 Å². The molecule has 0 spiro atoms. The van der Waals surface area contributed by atoms with Gasteiger partial charge < -0.3 is 15.0 Å². The highest BCUT2D eigenvalue weighted by Gasteiger charge is 2.32. The Balaban J connectivity index is 1.61. The number of carbonyl (C=O) groups excluding carboxylic acids is 2. The fraction of sp³-hybridized carbons (Fsp3) is 0.407. The lowest BCUT2D eigenvalue weighted by Gasteiger charge is -2.34. The van der Waals surface area contributed by atoms with Gasteiger partial charge in [-0.3, -0.25) is 9.78 Å². The Labute approximate surface area is 216 Å². The number of rotatable bonds is 5. The number of ether oxygens (including phenoxy) is 1. The molecule has 3 heterocycles. The SMILES string of the molecule is Cc1c(Cl)cccc1-n1ncc(C(=O)NCc2cccnc2)c1C1CCN(C(=O)OC(C)(C)C)CC1. The number of likely N-dealkylation sites (tertiary alicyclic amines) is 1. The van der Waals surface area contributed by atoms with E-state index in [1.54, 1.807) is 23.5 Å². The number of amides is 2. The van der Waals surface area contributed by atoms with Crippen LogP contribution in [0.1, 0.15) is 66.7 Å². The maximum atomic E-state index is 13.3. The molecule has 8 nitrogen and oxygen atoms in total. The number of benzene rings is 1. The van der Waals surface area contributed by atoms with Crippen LogP contribution in [0.5, 0.6) is 0 Å². The van der Waals surface area contributed by atoms with Gasteiger partial charge in [0, 0.05) is 43.0 Å². The Morgan fingerprint density at radius 1 is 1.14 bits per heavy atom. The third-order valence-corrected chi connectivity index (χ3v) is 6.64. The lowest BCUT2D eigenvalue weighted by atomic mass is 9.90. The van der Waals surface area contributed by atoms with Gasteiger partial charge in [0.2, 0.25) is 0 Å². The molecule has 4 rings (SSSR count). The van der Waals surface area contributed by atoms with Gasteiger partial charge in [0.15, 0.2) is 0 Å². The Morgan fingerprint density at radius 2 is 1.89 bits per heavy atom. The van der Waals surface area contributed by atoms with Crippen molar-refractivity contribution in [3.8, 4) is 5.69 Å². The predicted molar refractivity (Wildman–Crippen MR) is 139 cm³/mol. The van der Waals surface area contributed by atoms with Crippen molar-refractivity contribution in [2.75, 3.05) is 13.1 Å². The smallest absolute Gasteiger partial charge is 0.410 e. The second-order valence-electron chi connectivity index (χ2n) is 10.0. The maximum absolute atomic E-state index is 13.3. The van der Waals surface area contributed by atoms with Gasteiger partial charge in [0.05, 0.1) is 23.1 Å². The number of aromatic nitrogens is 3. The lowest BCUT2D eigenvalue weighted by Crippen LogP contribution is -2.41. The number of carbonyl (C=O) groups is 2. The average molecular weight is 510 g/mol. The van der Waals surface area contributed by atoms with Gasteiger partial charge in [-0.2, -0.15) is 5.10 Å². The summed E-state index contributed by atoms with van der Waals surface area (Å²) in [5.41, 5.74) is 3.43. The standard InChI is InChI=1S/C27H32ClN5O3/c1-18-22(28)8-5-9-23(18)33-24(20-10-13-32(14-11-20)26(35)36-27(2,3)4)21(17-31-33)25(34)30-16-19-7-6-12-29-15-19/h5-9,12,15,17,20H,10-11,13-14,16H2,1-4H3,(H,30,34). The summed E-state index contributed by atoms with van der Waals surface area (Å²) in [5.74, 6) is -0.168. The minimum Gasteiger partial charge on any atom is -0.444 e. The van der Waals surface area contributed by atoms with Crippen LogP contribution in [0.2, 0.25) is 5.02 Å². The predicted octanol–water partition coefficient (Wildman–Crippen LogP) is 5.27. The molecule has 0 atom stereocenters. The molecular formula is C27H32ClN5O3. The Bertz CT molecular complexity index is 1230. The van der Waals surface area contributed by atoms with E-state index in [-0.39, 0.29) is 17.9 Å². The van der Waals surface area contributed by atoms with E-state index in [0.717, 1.165) is 22.5 Å². The number of hydrogen-bond acceptors (Lipinski definition) is 5.